The minimum absolute atomic E-state index is 0.131. The molecule has 1 saturated heterocycles. The van der Waals surface area contributed by atoms with Crippen LogP contribution in [-0.2, 0) is 14.9 Å². The lowest BCUT2D eigenvalue weighted by Gasteiger charge is -2.43. The molecule has 1 N–H and O–H groups in total. The second-order valence-electron chi connectivity index (χ2n) is 7.18. The van der Waals surface area contributed by atoms with E-state index >= 15 is 0 Å². The van der Waals surface area contributed by atoms with Crippen LogP contribution in [0.3, 0.4) is 0 Å². The molecule has 4 heteroatoms. The lowest BCUT2D eigenvalue weighted by molar-refractivity contribution is -0.139. The number of amides is 1. The number of nitrogens with zero attached hydrogens (tertiary/aromatic N) is 1. The van der Waals surface area contributed by atoms with Gasteiger partial charge in [0.05, 0.1) is 6.10 Å². The average Bonchev–Trinajstić information content (AvgIpc) is 2.85. The van der Waals surface area contributed by atoms with Crippen molar-refractivity contribution in [2.45, 2.75) is 57.2 Å². The summed E-state index contributed by atoms with van der Waals surface area (Å²) in [7, 11) is 1.66. The van der Waals surface area contributed by atoms with Crippen molar-refractivity contribution in [3.8, 4) is 0 Å². The Balaban J connectivity index is 1.81. The van der Waals surface area contributed by atoms with Crippen molar-refractivity contribution in [1.29, 1.82) is 0 Å². The van der Waals surface area contributed by atoms with Gasteiger partial charge in [0.25, 0.3) is 0 Å². The number of carbonyl (C=O) groups is 1. The molecule has 1 aromatic carbocycles. The smallest absolute Gasteiger partial charge is 0.225 e. The van der Waals surface area contributed by atoms with Crippen LogP contribution in [0.2, 0.25) is 0 Å². The third-order valence-corrected chi connectivity index (χ3v) is 6.21. The van der Waals surface area contributed by atoms with Crippen LogP contribution in [-0.4, -0.2) is 42.2 Å². The molecule has 0 bridgehead atoms. The normalized spacial score (nSPS) is 25.3. The van der Waals surface area contributed by atoms with Crippen molar-refractivity contribution < 1.29 is 14.6 Å². The predicted octanol–water partition coefficient (Wildman–Crippen LogP) is 3.05. The van der Waals surface area contributed by atoms with Gasteiger partial charge < -0.3 is 14.7 Å². The number of likely N-dealkylation sites (tertiary alicyclic amines) is 1. The molecule has 2 atom stereocenters. The molecule has 0 aromatic heterocycles. The first kappa shape index (κ1) is 17.4. The highest BCUT2D eigenvalue weighted by Gasteiger charge is 2.53. The monoisotopic (exact) mass is 331 g/mol. The molecule has 0 unspecified atom stereocenters. The van der Waals surface area contributed by atoms with Crippen LogP contribution in [0.25, 0.3) is 0 Å². The minimum atomic E-state index is -0.537. The molecule has 1 spiro atoms. The fourth-order valence-corrected chi connectivity index (χ4v) is 4.66. The number of benzene rings is 1. The van der Waals surface area contributed by atoms with Crippen LogP contribution in [0.4, 0.5) is 0 Å². The Bertz CT molecular complexity index is 588. The molecule has 24 heavy (non-hydrogen) atoms. The summed E-state index contributed by atoms with van der Waals surface area (Å²) in [4.78, 5) is 14.6. The van der Waals surface area contributed by atoms with Gasteiger partial charge in [-0.25, -0.2) is 0 Å². The molecular formula is C20H29NO3. The number of ether oxygens (including phenoxy) is 1. The summed E-state index contributed by atoms with van der Waals surface area (Å²) in [5, 5.41) is 11.0. The van der Waals surface area contributed by atoms with Gasteiger partial charge in [-0.15, -0.1) is 0 Å². The van der Waals surface area contributed by atoms with E-state index in [0.29, 0.717) is 0 Å². The molecule has 3 rings (SSSR count). The highest BCUT2D eigenvalue weighted by molar-refractivity contribution is 5.79. The van der Waals surface area contributed by atoms with E-state index in [1.807, 2.05) is 17.0 Å². The molecule has 2 aliphatic rings. The predicted molar refractivity (Wildman–Crippen MR) is 93.8 cm³/mol. The Morgan fingerprint density at radius 2 is 1.92 bits per heavy atom. The Kier molecular flexibility index (Phi) is 4.97. The summed E-state index contributed by atoms with van der Waals surface area (Å²) >= 11 is 0. The molecule has 1 amide bonds. The summed E-state index contributed by atoms with van der Waals surface area (Å²) < 4.78 is 5.59. The van der Waals surface area contributed by atoms with Gasteiger partial charge in [-0.3, -0.25) is 4.79 Å². The largest absolute Gasteiger partial charge is 0.389 e. The highest BCUT2D eigenvalue weighted by Crippen LogP contribution is 2.52. The molecule has 1 aliphatic heterocycles. The summed E-state index contributed by atoms with van der Waals surface area (Å²) in [5.41, 5.74) is 2.04. The molecule has 132 valence electrons. The van der Waals surface area contributed by atoms with Crippen molar-refractivity contribution in [2.24, 2.45) is 5.92 Å². The summed E-state index contributed by atoms with van der Waals surface area (Å²) in [5.74, 6) is 0.408. The number of hydrogen-bond donors (Lipinski definition) is 1. The van der Waals surface area contributed by atoms with Gasteiger partial charge in [-0.1, -0.05) is 38.1 Å². The van der Waals surface area contributed by atoms with Crippen molar-refractivity contribution >= 4 is 5.91 Å². The number of aliphatic hydroxyl groups excluding tert-OH is 1. The maximum Gasteiger partial charge on any atom is 0.225 e. The van der Waals surface area contributed by atoms with Gasteiger partial charge in [-0.2, -0.15) is 0 Å². The first-order valence-corrected chi connectivity index (χ1v) is 9.18. The molecule has 0 radical (unpaired) electrons. The number of fused-ring (bicyclic) bond motifs is 2. The van der Waals surface area contributed by atoms with Gasteiger partial charge >= 0.3 is 0 Å². The van der Waals surface area contributed by atoms with Crippen molar-refractivity contribution in [3.05, 3.63) is 35.4 Å². The molecular weight excluding hydrogens is 302 g/mol. The first-order valence-electron chi connectivity index (χ1n) is 9.18. The van der Waals surface area contributed by atoms with Gasteiger partial charge in [0, 0.05) is 31.5 Å². The molecule has 1 fully saturated rings. The van der Waals surface area contributed by atoms with E-state index in [2.05, 4.69) is 26.0 Å². The Morgan fingerprint density at radius 3 is 2.50 bits per heavy atom. The molecule has 4 nitrogen and oxygen atoms in total. The van der Waals surface area contributed by atoms with E-state index in [9.17, 15) is 9.90 Å². The maximum absolute atomic E-state index is 12.7. The van der Waals surface area contributed by atoms with Gasteiger partial charge in [0.1, 0.15) is 6.10 Å². The van der Waals surface area contributed by atoms with Crippen LogP contribution in [0.15, 0.2) is 24.3 Å². The van der Waals surface area contributed by atoms with E-state index in [4.69, 9.17) is 4.74 Å². The van der Waals surface area contributed by atoms with Crippen LogP contribution < -0.4 is 0 Å². The molecule has 1 aromatic rings. The molecule has 1 heterocycles. The zero-order valence-corrected chi connectivity index (χ0v) is 15.0. The first-order chi connectivity index (χ1) is 11.6. The van der Waals surface area contributed by atoms with E-state index in [-0.39, 0.29) is 23.3 Å². The number of aliphatic hydroxyl groups is 1. The fraction of sp³-hybridized carbons (Fsp3) is 0.650. The van der Waals surface area contributed by atoms with Crippen molar-refractivity contribution in [3.63, 3.8) is 0 Å². The standard InChI is InChI=1S/C20H29NO3/c1-4-14(5-2)19(23)21-12-10-20(11-13-21)16-9-7-6-8-15(16)17(24-3)18(20)22/h6-9,14,17-18,22H,4-5,10-13H2,1-3H3/t17-,18+/m1/s1. The van der Waals surface area contributed by atoms with Crippen LogP contribution in [0, 0.1) is 5.92 Å². The summed E-state index contributed by atoms with van der Waals surface area (Å²) in [6.45, 7) is 5.60. The maximum atomic E-state index is 12.7. The van der Waals surface area contributed by atoms with Crippen LogP contribution in [0.1, 0.15) is 56.8 Å². The van der Waals surface area contributed by atoms with Gasteiger partial charge in [0.15, 0.2) is 0 Å². The third kappa shape index (κ3) is 2.56. The van der Waals surface area contributed by atoms with E-state index in [1.165, 1.54) is 5.56 Å². The average molecular weight is 331 g/mol. The molecule has 1 aliphatic carbocycles. The minimum Gasteiger partial charge on any atom is -0.389 e. The Hall–Kier alpha value is -1.39. The zero-order chi connectivity index (χ0) is 17.3. The SMILES string of the molecule is CCC(CC)C(=O)N1CCC2(CC1)c1ccccc1[C@@H](OC)[C@@H]2O. The van der Waals surface area contributed by atoms with Gasteiger partial charge in [0.2, 0.25) is 5.91 Å². The van der Waals surface area contributed by atoms with E-state index < -0.39 is 6.10 Å². The number of piperidine rings is 1. The quantitative estimate of drug-likeness (QED) is 0.922. The number of methoxy groups -OCH3 is 1. The Morgan fingerprint density at radius 1 is 1.29 bits per heavy atom. The third-order valence-electron chi connectivity index (χ3n) is 6.21. The second-order valence-corrected chi connectivity index (χ2v) is 7.18. The lowest BCUT2D eigenvalue weighted by Crippen LogP contribution is -2.50. The van der Waals surface area contributed by atoms with Crippen molar-refractivity contribution in [2.75, 3.05) is 20.2 Å². The highest BCUT2D eigenvalue weighted by atomic mass is 16.5. The number of rotatable bonds is 4. The van der Waals surface area contributed by atoms with Crippen LogP contribution in [0.5, 0.6) is 0 Å². The zero-order valence-electron chi connectivity index (χ0n) is 15.0. The topological polar surface area (TPSA) is 49.8 Å². The van der Waals surface area contributed by atoms with Crippen LogP contribution >= 0.6 is 0 Å². The number of carbonyl (C=O) groups excluding carboxylic acids is 1. The lowest BCUT2D eigenvalue weighted by atomic mass is 9.72. The van der Waals surface area contributed by atoms with E-state index in [1.54, 1.807) is 7.11 Å². The fourth-order valence-electron chi connectivity index (χ4n) is 4.66. The van der Waals surface area contributed by atoms with Gasteiger partial charge in [-0.05, 0) is 36.8 Å². The molecule has 0 saturated carbocycles. The number of hydrogen-bond acceptors (Lipinski definition) is 3. The second kappa shape index (κ2) is 6.85. The summed E-state index contributed by atoms with van der Waals surface area (Å²) in [6.07, 6.45) is 2.60. The van der Waals surface area contributed by atoms with E-state index in [0.717, 1.165) is 44.3 Å². The van der Waals surface area contributed by atoms with Crippen molar-refractivity contribution in [1.82, 2.24) is 4.90 Å². The summed E-state index contributed by atoms with van der Waals surface area (Å²) in [6, 6.07) is 8.22. The Labute approximate surface area is 144 Å².